The number of rotatable bonds is 8. The molecule has 1 aromatic carbocycles. The van der Waals surface area contributed by atoms with Crippen molar-refractivity contribution in [3.63, 3.8) is 0 Å². The van der Waals surface area contributed by atoms with Crippen molar-refractivity contribution < 1.29 is 13.2 Å². The molecular formula is C18H28BrN3O3S. The van der Waals surface area contributed by atoms with E-state index in [1.54, 1.807) is 24.3 Å². The smallest absolute Gasteiger partial charge is 0.240 e. The van der Waals surface area contributed by atoms with Crippen molar-refractivity contribution in [3.05, 3.63) is 28.7 Å². The van der Waals surface area contributed by atoms with Crippen LogP contribution in [0.1, 0.15) is 26.2 Å². The Hall–Kier alpha value is -1.12. The highest BCUT2D eigenvalue weighted by atomic mass is 79.9. The van der Waals surface area contributed by atoms with Crippen LogP contribution in [0.2, 0.25) is 0 Å². The van der Waals surface area contributed by atoms with Gasteiger partial charge in [0.15, 0.2) is 0 Å². The van der Waals surface area contributed by atoms with Crippen LogP contribution in [0.25, 0.3) is 0 Å². The van der Waals surface area contributed by atoms with E-state index >= 15 is 0 Å². The van der Waals surface area contributed by atoms with E-state index < -0.39 is 10.0 Å². The molecule has 0 spiro atoms. The highest BCUT2D eigenvalue weighted by Gasteiger charge is 2.22. The summed E-state index contributed by atoms with van der Waals surface area (Å²) in [5, 5.41) is 2.84. The predicted molar refractivity (Wildman–Crippen MR) is 109 cm³/mol. The molecule has 0 unspecified atom stereocenters. The topological polar surface area (TPSA) is 69.7 Å². The van der Waals surface area contributed by atoms with Crippen molar-refractivity contribution in [3.8, 4) is 0 Å². The third-order valence-electron chi connectivity index (χ3n) is 4.66. The van der Waals surface area contributed by atoms with Gasteiger partial charge in [-0.25, -0.2) is 8.42 Å². The molecule has 1 heterocycles. The second-order valence-corrected chi connectivity index (χ2v) is 9.71. The van der Waals surface area contributed by atoms with Crippen molar-refractivity contribution in [1.29, 1.82) is 0 Å². The van der Waals surface area contributed by atoms with E-state index in [0.717, 1.165) is 42.5 Å². The number of amides is 1. The highest BCUT2D eigenvalue weighted by Crippen LogP contribution is 2.27. The van der Waals surface area contributed by atoms with Gasteiger partial charge >= 0.3 is 0 Å². The first-order valence-corrected chi connectivity index (χ1v) is 11.6. The van der Waals surface area contributed by atoms with Crippen molar-refractivity contribution in [2.24, 2.45) is 5.92 Å². The Morgan fingerprint density at radius 3 is 2.58 bits per heavy atom. The Kier molecular flexibility index (Phi) is 7.91. The number of para-hydroxylation sites is 1. The fourth-order valence-electron chi connectivity index (χ4n) is 3.04. The Bertz CT molecular complexity index is 703. The van der Waals surface area contributed by atoms with Crippen molar-refractivity contribution >= 4 is 37.5 Å². The number of sulfonamides is 1. The quantitative estimate of drug-likeness (QED) is 0.623. The number of anilines is 1. The average molecular weight is 446 g/mol. The number of hydrogen-bond donors (Lipinski definition) is 1. The first-order valence-electron chi connectivity index (χ1n) is 8.98. The molecular weight excluding hydrogens is 418 g/mol. The molecule has 2 rings (SSSR count). The second-order valence-electron chi connectivity index (χ2n) is 6.95. The van der Waals surface area contributed by atoms with Gasteiger partial charge in [-0.05, 0) is 72.9 Å². The Balaban J connectivity index is 1.82. The van der Waals surface area contributed by atoms with E-state index in [-0.39, 0.29) is 12.5 Å². The summed E-state index contributed by atoms with van der Waals surface area (Å²) in [6, 6.07) is 6.98. The van der Waals surface area contributed by atoms with Gasteiger partial charge in [0.25, 0.3) is 0 Å². The lowest BCUT2D eigenvalue weighted by Crippen LogP contribution is -2.41. The van der Waals surface area contributed by atoms with Gasteiger partial charge in [-0.2, -0.15) is 0 Å². The first-order chi connectivity index (χ1) is 12.3. The van der Waals surface area contributed by atoms with E-state index in [4.69, 9.17) is 0 Å². The summed E-state index contributed by atoms with van der Waals surface area (Å²) in [6.07, 6.45) is 4.45. The van der Waals surface area contributed by atoms with Crippen LogP contribution in [-0.4, -0.2) is 58.2 Å². The maximum atomic E-state index is 12.2. The third kappa shape index (κ3) is 6.55. The van der Waals surface area contributed by atoms with Crippen LogP contribution in [0.15, 0.2) is 28.7 Å². The normalized spacial score (nSPS) is 16.4. The number of nitrogens with one attached hydrogen (secondary N) is 1. The highest BCUT2D eigenvalue weighted by molar-refractivity contribution is 9.10. The molecule has 0 radical (unpaired) electrons. The molecule has 0 aliphatic carbocycles. The summed E-state index contributed by atoms with van der Waals surface area (Å²) >= 11 is 3.35. The van der Waals surface area contributed by atoms with Gasteiger partial charge in [-0.3, -0.25) is 9.10 Å². The lowest BCUT2D eigenvalue weighted by Gasteiger charge is -2.30. The summed E-state index contributed by atoms with van der Waals surface area (Å²) in [5.41, 5.74) is 0.465. The third-order valence-corrected chi connectivity index (χ3v) is 6.46. The van der Waals surface area contributed by atoms with Gasteiger partial charge in [0.05, 0.1) is 11.9 Å². The van der Waals surface area contributed by atoms with Crippen molar-refractivity contribution in [1.82, 2.24) is 10.2 Å². The zero-order valence-corrected chi connectivity index (χ0v) is 17.9. The van der Waals surface area contributed by atoms with E-state index in [0.29, 0.717) is 16.7 Å². The number of hydrogen-bond acceptors (Lipinski definition) is 4. The van der Waals surface area contributed by atoms with Gasteiger partial charge in [0.2, 0.25) is 15.9 Å². The maximum absolute atomic E-state index is 12.2. The number of likely N-dealkylation sites (tertiary alicyclic amines) is 1. The molecule has 1 saturated heterocycles. The van der Waals surface area contributed by atoms with Crippen LogP contribution in [0.4, 0.5) is 5.69 Å². The van der Waals surface area contributed by atoms with E-state index in [1.165, 1.54) is 12.8 Å². The maximum Gasteiger partial charge on any atom is 0.240 e. The minimum absolute atomic E-state index is 0.220. The van der Waals surface area contributed by atoms with Gasteiger partial charge in [-0.15, -0.1) is 0 Å². The molecule has 0 bridgehead atoms. The first kappa shape index (κ1) is 21.2. The molecule has 1 fully saturated rings. The number of piperidine rings is 1. The Labute approximate surface area is 165 Å². The molecule has 0 saturated carbocycles. The number of benzene rings is 1. The molecule has 1 N–H and O–H groups in total. The molecule has 1 aliphatic heterocycles. The monoisotopic (exact) mass is 445 g/mol. The largest absolute Gasteiger partial charge is 0.354 e. The standard InChI is InChI=1S/C18H28BrN3O3S/c1-15-8-12-21(13-9-15)11-5-10-20-18(23)14-22(26(2,24)25)17-7-4-3-6-16(17)19/h3-4,6-7,15H,5,8-14H2,1-2H3,(H,20,23). The van der Waals surface area contributed by atoms with Crippen LogP contribution < -0.4 is 9.62 Å². The van der Waals surface area contributed by atoms with Gasteiger partial charge < -0.3 is 10.2 Å². The van der Waals surface area contributed by atoms with Crippen molar-refractivity contribution in [2.45, 2.75) is 26.2 Å². The van der Waals surface area contributed by atoms with Crippen LogP contribution in [0, 0.1) is 5.92 Å². The summed E-state index contributed by atoms with van der Waals surface area (Å²) in [5.74, 6) is 0.517. The van der Waals surface area contributed by atoms with Crippen LogP contribution in [0.5, 0.6) is 0 Å². The van der Waals surface area contributed by atoms with Crippen molar-refractivity contribution in [2.75, 3.05) is 43.3 Å². The molecule has 6 nitrogen and oxygen atoms in total. The fraction of sp³-hybridized carbons (Fsp3) is 0.611. The van der Waals surface area contributed by atoms with Gasteiger partial charge in [-0.1, -0.05) is 19.1 Å². The number of halogens is 1. The molecule has 1 aliphatic rings. The van der Waals surface area contributed by atoms with E-state index in [2.05, 4.69) is 33.1 Å². The second kappa shape index (κ2) is 9.71. The number of carbonyl (C=O) groups is 1. The number of carbonyl (C=O) groups excluding carboxylic acids is 1. The summed E-state index contributed by atoms with van der Waals surface area (Å²) in [7, 11) is -3.55. The fourth-order valence-corrected chi connectivity index (χ4v) is 4.52. The van der Waals surface area contributed by atoms with E-state index in [1.807, 2.05) is 0 Å². The van der Waals surface area contributed by atoms with Gasteiger partial charge in [0, 0.05) is 11.0 Å². The molecule has 1 amide bonds. The molecule has 0 atom stereocenters. The summed E-state index contributed by atoms with van der Waals surface area (Å²) < 4.78 is 26.0. The zero-order valence-electron chi connectivity index (χ0n) is 15.4. The Morgan fingerprint density at radius 1 is 1.31 bits per heavy atom. The minimum atomic E-state index is -3.55. The molecule has 146 valence electrons. The molecule has 8 heteroatoms. The molecule has 1 aromatic rings. The number of nitrogens with zero attached hydrogens (tertiary/aromatic N) is 2. The Morgan fingerprint density at radius 2 is 1.96 bits per heavy atom. The molecule has 26 heavy (non-hydrogen) atoms. The van der Waals surface area contributed by atoms with Crippen LogP contribution in [-0.2, 0) is 14.8 Å². The lowest BCUT2D eigenvalue weighted by molar-refractivity contribution is -0.119. The summed E-state index contributed by atoms with van der Waals surface area (Å²) in [6.45, 7) is 5.84. The van der Waals surface area contributed by atoms with Crippen LogP contribution in [0.3, 0.4) is 0 Å². The lowest BCUT2D eigenvalue weighted by atomic mass is 9.99. The summed E-state index contributed by atoms with van der Waals surface area (Å²) in [4.78, 5) is 14.7. The minimum Gasteiger partial charge on any atom is -0.354 e. The van der Waals surface area contributed by atoms with Crippen LogP contribution >= 0.6 is 15.9 Å². The SMILES string of the molecule is CC1CCN(CCCNC(=O)CN(c2ccccc2Br)S(C)(=O)=O)CC1. The van der Waals surface area contributed by atoms with E-state index in [9.17, 15) is 13.2 Å². The average Bonchev–Trinajstić information content (AvgIpc) is 2.58. The zero-order chi connectivity index (χ0) is 19.2. The molecule has 0 aromatic heterocycles. The van der Waals surface area contributed by atoms with Gasteiger partial charge in [0.1, 0.15) is 6.54 Å². The predicted octanol–water partition coefficient (Wildman–Crippen LogP) is 2.45.